The van der Waals surface area contributed by atoms with E-state index in [2.05, 4.69) is 22.6 Å². The van der Waals surface area contributed by atoms with E-state index in [1.807, 2.05) is 42.5 Å². The summed E-state index contributed by atoms with van der Waals surface area (Å²) in [5.41, 5.74) is 2.14. The first kappa shape index (κ1) is 21.7. The van der Waals surface area contributed by atoms with Crippen LogP contribution in [-0.4, -0.2) is 12.9 Å². The van der Waals surface area contributed by atoms with Gasteiger partial charge in [-0.15, -0.1) is 0 Å². The Hall–Kier alpha value is -2.02. The molecule has 3 aromatic rings. The Balaban J connectivity index is 1.75. The van der Waals surface area contributed by atoms with Gasteiger partial charge in [0.05, 0.1) is 12.1 Å². The molecule has 0 atom stereocenters. The summed E-state index contributed by atoms with van der Waals surface area (Å²) in [4.78, 5) is 12.4. The van der Waals surface area contributed by atoms with Crippen LogP contribution < -0.4 is 9.47 Å². The third-order valence-electron chi connectivity index (χ3n) is 4.14. The van der Waals surface area contributed by atoms with Crippen LogP contribution in [0.5, 0.6) is 11.5 Å². The highest BCUT2D eigenvalue weighted by Gasteiger charge is 2.09. The van der Waals surface area contributed by atoms with Gasteiger partial charge in [-0.3, -0.25) is 4.79 Å². The van der Waals surface area contributed by atoms with Crippen molar-refractivity contribution in [3.63, 3.8) is 0 Å². The van der Waals surface area contributed by atoms with Gasteiger partial charge in [0.1, 0.15) is 18.1 Å². The molecule has 0 fully saturated rings. The van der Waals surface area contributed by atoms with E-state index in [9.17, 15) is 4.79 Å². The lowest BCUT2D eigenvalue weighted by Gasteiger charge is -2.11. The average Bonchev–Trinajstić information content (AvgIpc) is 2.71. The Morgan fingerprint density at radius 3 is 2.48 bits per heavy atom. The molecule has 148 valence electrons. The second-order valence-electron chi connectivity index (χ2n) is 6.14. The number of hydrogen-bond donors (Lipinski definition) is 0. The Bertz CT molecular complexity index is 1050. The zero-order valence-electron chi connectivity index (χ0n) is 15.5. The van der Waals surface area contributed by atoms with Crippen LogP contribution in [0.2, 0.25) is 10.0 Å². The van der Waals surface area contributed by atoms with E-state index in [4.69, 9.17) is 32.7 Å². The van der Waals surface area contributed by atoms with Gasteiger partial charge in [-0.05, 0) is 88.8 Å². The molecule has 3 aromatic carbocycles. The lowest BCUT2D eigenvalue weighted by molar-refractivity contribution is 0.104. The molecule has 0 bridgehead atoms. The van der Waals surface area contributed by atoms with Crippen molar-refractivity contribution < 1.29 is 14.3 Å². The lowest BCUT2D eigenvalue weighted by atomic mass is 10.1. The van der Waals surface area contributed by atoms with E-state index < -0.39 is 0 Å². The number of allylic oxidation sites excluding steroid dienone is 1. The van der Waals surface area contributed by atoms with Gasteiger partial charge in [-0.1, -0.05) is 35.3 Å². The van der Waals surface area contributed by atoms with Crippen molar-refractivity contribution >= 4 is 57.7 Å². The summed E-state index contributed by atoms with van der Waals surface area (Å²) >= 11 is 14.2. The van der Waals surface area contributed by atoms with Crippen molar-refractivity contribution in [1.29, 1.82) is 0 Å². The maximum atomic E-state index is 12.4. The fourth-order valence-electron chi connectivity index (χ4n) is 2.66. The highest BCUT2D eigenvalue weighted by Crippen LogP contribution is 2.25. The fourth-order valence-corrected chi connectivity index (χ4v) is 3.52. The highest BCUT2D eigenvalue weighted by molar-refractivity contribution is 14.1. The topological polar surface area (TPSA) is 35.5 Å². The first-order chi connectivity index (χ1) is 14.0. The van der Waals surface area contributed by atoms with Crippen molar-refractivity contribution in [2.24, 2.45) is 0 Å². The zero-order chi connectivity index (χ0) is 20.8. The van der Waals surface area contributed by atoms with E-state index >= 15 is 0 Å². The van der Waals surface area contributed by atoms with Crippen LogP contribution in [0.25, 0.3) is 6.08 Å². The molecule has 29 heavy (non-hydrogen) atoms. The molecule has 0 radical (unpaired) electrons. The molecule has 0 saturated heterocycles. The maximum absolute atomic E-state index is 12.4. The van der Waals surface area contributed by atoms with Crippen LogP contribution in [0.4, 0.5) is 0 Å². The molecule has 3 rings (SSSR count). The molecule has 0 saturated carbocycles. The van der Waals surface area contributed by atoms with Crippen LogP contribution in [0, 0.1) is 3.57 Å². The number of benzene rings is 3. The summed E-state index contributed by atoms with van der Waals surface area (Å²) in [6, 6.07) is 18.3. The minimum Gasteiger partial charge on any atom is -0.496 e. The lowest BCUT2D eigenvalue weighted by Crippen LogP contribution is -1.99. The minimum atomic E-state index is -0.195. The monoisotopic (exact) mass is 538 g/mol. The normalized spacial score (nSPS) is 10.9. The van der Waals surface area contributed by atoms with Gasteiger partial charge in [0.25, 0.3) is 0 Å². The number of ketones is 1. The minimum absolute atomic E-state index is 0.195. The van der Waals surface area contributed by atoms with Gasteiger partial charge < -0.3 is 9.47 Å². The molecule has 0 spiro atoms. The van der Waals surface area contributed by atoms with E-state index in [1.165, 1.54) is 6.08 Å². The molecule has 6 heteroatoms. The smallest absolute Gasteiger partial charge is 0.187 e. The first-order valence-electron chi connectivity index (χ1n) is 8.69. The summed E-state index contributed by atoms with van der Waals surface area (Å²) in [7, 11) is 1.62. The van der Waals surface area contributed by atoms with Crippen molar-refractivity contribution in [1.82, 2.24) is 0 Å². The van der Waals surface area contributed by atoms with Crippen molar-refractivity contribution in [2.45, 2.75) is 6.61 Å². The Morgan fingerprint density at radius 1 is 1.03 bits per heavy atom. The molecule has 0 aliphatic carbocycles. The predicted molar refractivity (Wildman–Crippen MR) is 126 cm³/mol. The molecule has 0 aliphatic rings. The second-order valence-corrected chi connectivity index (χ2v) is 8.22. The molecule has 0 aliphatic heterocycles. The van der Waals surface area contributed by atoms with Crippen molar-refractivity contribution in [2.75, 3.05) is 7.11 Å². The average molecular weight is 539 g/mol. The molecule has 3 nitrogen and oxygen atoms in total. The Labute approximate surface area is 193 Å². The first-order valence-corrected chi connectivity index (χ1v) is 10.5. The van der Waals surface area contributed by atoms with E-state index in [-0.39, 0.29) is 5.78 Å². The van der Waals surface area contributed by atoms with Crippen LogP contribution in [-0.2, 0) is 6.61 Å². The van der Waals surface area contributed by atoms with Gasteiger partial charge in [-0.2, -0.15) is 0 Å². The number of methoxy groups -OCH3 is 1. The van der Waals surface area contributed by atoms with Gasteiger partial charge in [0.2, 0.25) is 0 Å². The zero-order valence-corrected chi connectivity index (χ0v) is 19.2. The summed E-state index contributed by atoms with van der Waals surface area (Å²) in [5.74, 6) is 1.31. The fraction of sp³-hybridized carbons (Fsp3) is 0.0870. The number of carbonyl (C=O) groups is 1. The quantitative estimate of drug-likeness (QED) is 0.183. The van der Waals surface area contributed by atoms with E-state index in [0.717, 1.165) is 26.2 Å². The highest BCUT2D eigenvalue weighted by atomic mass is 127. The van der Waals surface area contributed by atoms with Crippen molar-refractivity contribution in [3.05, 3.63) is 97.0 Å². The van der Waals surface area contributed by atoms with Crippen LogP contribution >= 0.6 is 45.8 Å². The summed E-state index contributed by atoms with van der Waals surface area (Å²) in [5, 5.41) is 0.817. The van der Waals surface area contributed by atoms with Gasteiger partial charge in [-0.25, -0.2) is 0 Å². The number of carbonyl (C=O) groups excluding carboxylic acids is 1. The third kappa shape index (κ3) is 5.98. The largest absolute Gasteiger partial charge is 0.496 e. The molecular weight excluding hydrogens is 522 g/mol. The van der Waals surface area contributed by atoms with E-state index in [1.54, 1.807) is 31.4 Å². The molecule has 0 heterocycles. The Kier molecular flexibility index (Phi) is 7.58. The van der Waals surface area contributed by atoms with Gasteiger partial charge >= 0.3 is 0 Å². The Morgan fingerprint density at radius 2 is 1.79 bits per heavy atom. The third-order valence-corrected chi connectivity index (χ3v) is 5.40. The number of rotatable bonds is 7. The van der Waals surface area contributed by atoms with Crippen LogP contribution in [0.1, 0.15) is 21.5 Å². The standard InChI is InChI=1S/C23H17Cl2IO3/c1-28-23-11-3-15(2-10-22(27)20-9-4-17(24)13-21(20)25)12-16(23)14-29-19-7-5-18(26)6-8-19/h2-13H,14H2,1H3/b10-2+. The molecule has 0 unspecified atom stereocenters. The molecule has 0 aromatic heterocycles. The SMILES string of the molecule is COc1ccc(/C=C/C(=O)c2ccc(Cl)cc2Cl)cc1COc1ccc(I)cc1. The van der Waals surface area contributed by atoms with Crippen LogP contribution in [0.3, 0.4) is 0 Å². The number of halogens is 3. The van der Waals surface area contributed by atoms with Crippen LogP contribution in [0.15, 0.2) is 66.7 Å². The molecular formula is C23H17Cl2IO3. The van der Waals surface area contributed by atoms with Gasteiger partial charge in [0.15, 0.2) is 5.78 Å². The summed E-state index contributed by atoms with van der Waals surface area (Å²) in [6.45, 7) is 0.350. The molecule has 0 N–H and O–H groups in total. The van der Waals surface area contributed by atoms with Crippen molar-refractivity contribution in [3.8, 4) is 11.5 Å². The van der Waals surface area contributed by atoms with E-state index in [0.29, 0.717) is 22.2 Å². The summed E-state index contributed by atoms with van der Waals surface area (Å²) in [6.07, 6.45) is 3.22. The second kappa shape index (κ2) is 10.1. The number of hydrogen-bond acceptors (Lipinski definition) is 3. The maximum Gasteiger partial charge on any atom is 0.187 e. The van der Waals surface area contributed by atoms with Gasteiger partial charge in [0, 0.05) is 19.7 Å². The predicted octanol–water partition coefficient (Wildman–Crippen LogP) is 7.08. The molecule has 0 amide bonds. The summed E-state index contributed by atoms with van der Waals surface area (Å²) < 4.78 is 12.4. The number of ether oxygens (including phenoxy) is 2.